The van der Waals surface area contributed by atoms with Crippen LogP contribution in [-0.2, 0) is 6.61 Å². The van der Waals surface area contributed by atoms with E-state index in [1.807, 2.05) is 60.7 Å². The van der Waals surface area contributed by atoms with E-state index in [9.17, 15) is 4.79 Å². The van der Waals surface area contributed by atoms with E-state index in [1.54, 1.807) is 30.5 Å². The Kier molecular flexibility index (Phi) is 8.11. The smallest absolute Gasteiger partial charge is 0.271 e. The lowest BCUT2D eigenvalue weighted by molar-refractivity contribution is 0.0955. The molecule has 0 aliphatic heterocycles. The minimum Gasteiger partial charge on any atom is -0.489 e. The summed E-state index contributed by atoms with van der Waals surface area (Å²) in [5.74, 6) is 0.403. The van der Waals surface area contributed by atoms with Crippen LogP contribution in [0.3, 0.4) is 0 Å². The molecule has 1 amide bonds. The summed E-state index contributed by atoms with van der Waals surface area (Å²) in [6.07, 6.45) is 1.58. The molecule has 0 radical (unpaired) electrons. The second-order valence-electron chi connectivity index (χ2n) is 8.90. The number of benzene rings is 4. The van der Waals surface area contributed by atoms with Gasteiger partial charge in [-0.2, -0.15) is 5.10 Å². The number of hydrogen-bond donors (Lipinski definition) is 1. The van der Waals surface area contributed by atoms with Gasteiger partial charge in [-0.25, -0.2) is 5.43 Å². The number of rotatable bonds is 8. The van der Waals surface area contributed by atoms with E-state index >= 15 is 0 Å². The predicted octanol–water partition coefficient (Wildman–Crippen LogP) is 8.10. The first-order chi connectivity index (χ1) is 19.0. The van der Waals surface area contributed by atoms with Gasteiger partial charge in [0, 0.05) is 32.6 Å². The molecule has 1 heterocycles. The van der Waals surface area contributed by atoms with Crippen LogP contribution in [0.25, 0.3) is 16.9 Å². The zero-order valence-electron chi connectivity index (χ0n) is 21.1. The largest absolute Gasteiger partial charge is 0.489 e. The Morgan fingerprint density at radius 1 is 0.897 bits per heavy atom. The molecule has 1 N–H and O–H groups in total. The Hall–Kier alpha value is -4.32. The zero-order chi connectivity index (χ0) is 27.2. The number of hydrogen-bond acceptors (Lipinski definition) is 3. The maximum Gasteiger partial charge on any atom is 0.271 e. The van der Waals surface area contributed by atoms with Crippen LogP contribution >= 0.6 is 23.2 Å². The third-order valence-electron chi connectivity index (χ3n) is 6.20. The molecule has 5 rings (SSSR count). The maximum absolute atomic E-state index is 12.6. The molecule has 0 atom stereocenters. The monoisotopic (exact) mass is 553 g/mol. The number of aryl methyl sites for hydroxylation is 1. The molecule has 0 bridgehead atoms. The van der Waals surface area contributed by atoms with E-state index in [-0.39, 0.29) is 5.91 Å². The zero-order valence-corrected chi connectivity index (χ0v) is 22.7. The number of aromatic nitrogens is 1. The van der Waals surface area contributed by atoms with E-state index in [1.165, 1.54) is 0 Å². The van der Waals surface area contributed by atoms with Gasteiger partial charge in [-0.15, -0.1) is 0 Å². The highest BCUT2D eigenvalue weighted by Gasteiger charge is 2.11. The molecule has 0 fully saturated rings. The highest BCUT2D eigenvalue weighted by atomic mass is 35.5. The number of halogens is 2. The Morgan fingerprint density at radius 3 is 2.36 bits per heavy atom. The molecular formula is C32H25Cl2N3O2. The highest BCUT2D eigenvalue weighted by molar-refractivity contribution is 6.35. The quantitative estimate of drug-likeness (QED) is 0.156. The fourth-order valence-electron chi connectivity index (χ4n) is 4.16. The molecule has 0 aliphatic rings. The summed E-state index contributed by atoms with van der Waals surface area (Å²) >= 11 is 12.1. The number of ether oxygens (including phenoxy) is 1. The first-order valence-corrected chi connectivity index (χ1v) is 13.1. The number of nitrogens with zero attached hydrogens (tertiary/aromatic N) is 2. The fraction of sp³-hybridized carbons (Fsp3) is 0.0625. The van der Waals surface area contributed by atoms with Gasteiger partial charge in [-0.05, 0) is 90.8 Å². The second-order valence-corrected chi connectivity index (χ2v) is 9.74. The van der Waals surface area contributed by atoms with Crippen molar-refractivity contribution in [3.05, 3.63) is 142 Å². The number of hydrazone groups is 1. The second kappa shape index (κ2) is 12.0. The summed E-state index contributed by atoms with van der Waals surface area (Å²) in [5.41, 5.74) is 9.10. The Balaban J connectivity index is 1.18. The van der Waals surface area contributed by atoms with Gasteiger partial charge >= 0.3 is 0 Å². The van der Waals surface area contributed by atoms with Crippen molar-refractivity contribution >= 4 is 35.3 Å². The van der Waals surface area contributed by atoms with E-state index < -0.39 is 0 Å². The maximum atomic E-state index is 12.6. The molecule has 0 saturated heterocycles. The van der Waals surface area contributed by atoms with Crippen molar-refractivity contribution in [2.75, 3.05) is 0 Å². The molecule has 0 spiro atoms. The highest BCUT2D eigenvalue weighted by Crippen LogP contribution is 2.27. The van der Waals surface area contributed by atoms with Crippen molar-refractivity contribution in [1.82, 2.24) is 9.99 Å². The Labute approximate surface area is 237 Å². The predicted molar refractivity (Wildman–Crippen MR) is 158 cm³/mol. The van der Waals surface area contributed by atoms with E-state index in [0.717, 1.165) is 33.8 Å². The van der Waals surface area contributed by atoms with Gasteiger partial charge in [0.1, 0.15) is 12.4 Å². The molecule has 1 aromatic heterocycles. The Morgan fingerprint density at radius 2 is 1.64 bits per heavy atom. The van der Waals surface area contributed by atoms with Crippen LogP contribution in [-0.4, -0.2) is 16.7 Å². The normalized spacial score (nSPS) is 11.1. The molecule has 0 saturated carbocycles. The number of carbonyl (C=O) groups is 1. The summed E-state index contributed by atoms with van der Waals surface area (Å²) < 4.78 is 7.97. The van der Waals surface area contributed by atoms with Crippen molar-refractivity contribution < 1.29 is 9.53 Å². The summed E-state index contributed by atoms with van der Waals surface area (Å²) in [5, 5.41) is 5.25. The molecule has 5 aromatic rings. The molecular weight excluding hydrogens is 529 g/mol. The molecule has 194 valence electrons. The van der Waals surface area contributed by atoms with E-state index in [4.69, 9.17) is 27.9 Å². The van der Waals surface area contributed by atoms with Gasteiger partial charge in [-0.1, -0.05) is 59.6 Å². The molecule has 4 aromatic carbocycles. The summed E-state index contributed by atoms with van der Waals surface area (Å²) in [4.78, 5) is 12.6. The van der Waals surface area contributed by atoms with Gasteiger partial charge in [0.15, 0.2) is 0 Å². The molecule has 7 heteroatoms. The van der Waals surface area contributed by atoms with E-state index in [0.29, 0.717) is 28.0 Å². The van der Waals surface area contributed by atoms with Gasteiger partial charge in [0.25, 0.3) is 5.91 Å². The number of carbonyl (C=O) groups excluding carboxylic acids is 1. The van der Waals surface area contributed by atoms with Gasteiger partial charge in [0.05, 0.1) is 11.9 Å². The van der Waals surface area contributed by atoms with Crippen LogP contribution in [0.4, 0.5) is 0 Å². The van der Waals surface area contributed by atoms with Crippen LogP contribution in [0.15, 0.2) is 114 Å². The molecule has 5 nitrogen and oxygen atoms in total. The van der Waals surface area contributed by atoms with Crippen LogP contribution in [0.1, 0.15) is 27.2 Å². The van der Waals surface area contributed by atoms with Crippen LogP contribution in [0, 0.1) is 6.92 Å². The average Bonchev–Trinajstić information content (AvgIpc) is 3.35. The van der Waals surface area contributed by atoms with Crippen LogP contribution in [0.2, 0.25) is 10.0 Å². The summed E-state index contributed by atoms with van der Waals surface area (Å²) in [7, 11) is 0. The minimum absolute atomic E-state index is 0.287. The van der Waals surface area contributed by atoms with E-state index in [2.05, 4.69) is 46.3 Å². The van der Waals surface area contributed by atoms with Crippen LogP contribution < -0.4 is 10.2 Å². The summed E-state index contributed by atoms with van der Waals surface area (Å²) in [6, 6.07) is 34.6. The van der Waals surface area contributed by atoms with Crippen molar-refractivity contribution in [2.45, 2.75) is 13.5 Å². The first-order valence-electron chi connectivity index (χ1n) is 12.3. The van der Waals surface area contributed by atoms with Gasteiger partial charge < -0.3 is 9.30 Å². The SMILES string of the molecule is Cc1ccc(-c2ccccc2)n1-c1ccc(C(=O)N/N=C/c2ccc(OCc3ccc(Cl)cc3Cl)cc2)cc1. The standard InChI is InChI=1S/C32H25Cl2N3O2/c1-22-7-18-31(24-5-3-2-4-6-24)37(22)28-14-11-25(12-15-28)32(38)36-35-20-23-8-16-29(17-9-23)39-21-26-10-13-27(33)19-30(26)34/h2-20H,21H2,1H3,(H,36,38)/b35-20+. The Bertz CT molecular complexity index is 1610. The third-order valence-corrected chi connectivity index (χ3v) is 6.79. The minimum atomic E-state index is -0.287. The van der Waals surface area contributed by atoms with Gasteiger partial charge in [-0.3, -0.25) is 4.79 Å². The third kappa shape index (κ3) is 6.40. The van der Waals surface area contributed by atoms with Crippen molar-refractivity contribution in [3.8, 4) is 22.7 Å². The lowest BCUT2D eigenvalue weighted by atomic mass is 10.1. The number of nitrogens with one attached hydrogen (secondary N) is 1. The topological polar surface area (TPSA) is 55.6 Å². The number of amides is 1. The lowest BCUT2D eigenvalue weighted by Crippen LogP contribution is -2.17. The van der Waals surface area contributed by atoms with Crippen molar-refractivity contribution in [2.24, 2.45) is 5.10 Å². The van der Waals surface area contributed by atoms with Crippen LogP contribution in [0.5, 0.6) is 5.75 Å². The molecule has 0 unspecified atom stereocenters. The summed E-state index contributed by atoms with van der Waals surface area (Å²) in [6.45, 7) is 2.39. The molecule has 39 heavy (non-hydrogen) atoms. The van der Waals surface area contributed by atoms with Crippen molar-refractivity contribution in [1.29, 1.82) is 0 Å². The average molecular weight is 554 g/mol. The van der Waals surface area contributed by atoms with Crippen molar-refractivity contribution in [3.63, 3.8) is 0 Å². The lowest BCUT2D eigenvalue weighted by Gasteiger charge is -2.12. The molecule has 0 aliphatic carbocycles. The van der Waals surface area contributed by atoms with Gasteiger partial charge in [0.2, 0.25) is 0 Å². The fourth-order valence-corrected chi connectivity index (χ4v) is 4.62. The first kappa shape index (κ1) is 26.3.